The highest BCUT2D eigenvalue weighted by Gasteiger charge is 2.30. The van der Waals surface area contributed by atoms with E-state index >= 15 is 0 Å². The average Bonchev–Trinajstić information content (AvgIpc) is 3.01. The van der Waals surface area contributed by atoms with Crippen LogP contribution in [-0.4, -0.2) is 29.6 Å². The second-order valence-corrected chi connectivity index (χ2v) is 7.50. The predicted octanol–water partition coefficient (Wildman–Crippen LogP) is 5.94. The van der Waals surface area contributed by atoms with E-state index in [1.165, 1.54) is 23.1 Å². The zero-order valence-electron chi connectivity index (χ0n) is 15.7. The Hall–Kier alpha value is -1.98. The van der Waals surface area contributed by atoms with E-state index in [9.17, 15) is 13.2 Å². The molecule has 0 spiro atoms. The molecule has 0 atom stereocenters. The van der Waals surface area contributed by atoms with Gasteiger partial charge in [-0.2, -0.15) is 13.2 Å². The van der Waals surface area contributed by atoms with Crippen molar-refractivity contribution in [3.8, 4) is 0 Å². The van der Waals surface area contributed by atoms with Crippen molar-refractivity contribution in [3.05, 3.63) is 71.4 Å². The number of nitrogens with zero attached hydrogens (tertiary/aromatic N) is 2. The summed E-state index contributed by atoms with van der Waals surface area (Å²) < 4.78 is 40.5. The molecule has 28 heavy (non-hydrogen) atoms. The van der Waals surface area contributed by atoms with Crippen LogP contribution in [0.2, 0.25) is 0 Å². The molecule has 0 unspecified atom stereocenters. The Morgan fingerprint density at radius 1 is 0.964 bits per heavy atom. The number of aromatic nitrogens is 1. The lowest BCUT2D eigenvalue weighted by Crippen LogP contribution is -2.29. The fourth-order valence-corrected chi connectivity index (χ4v) is 4.05. The highest BCUT2D eigenvalue weighted by Crippen LogP contribution is 2.35. The minimum atomic E-state index is -4.29. The molecule has 0 bridgehead atoms. The van der Waals surface area contributed by atoms with E-state index in [2.05, 4.69) is 40.9 Å². The summed E-state index contributed by atoms with van der Waals surface area (Å²) in [6.07, 6.45) is 0.202. The Morgan fingerprint density at radius 2 is 1.61 bits per heavy atom. The van der Waals surface area contributed by atoms with Crippen molar-refractivity contribution in [2.24, 2.45) is 0 Å². The number of hydrogen-bond acceptors (Lipinski definition) is 1. The van der Waals surface area contributed by atoms with Gasteiger partial charge >= 0.3 is 6.18 Å². The molecule has 1 aliphatic heterocycles. The summed E-state index contributed by atoms with van der Waals surface area (Å²) in [5.74, 6) is 0.542. The van der Waals surface area contributed by atoms with Crippen molar-refractivity contribution in [2.45, 2.75) is 31.5 Å². The van der Waals surface area contributed by atoms with E-state index in [0.717, 1.165) is 37.0 Å². The lowest BCUT2D eigenvalue weighted by molar-refractivity contribution is -0.137. The number of benzene rings is 2. The zero-order chi connectivity index (χ0) is 19.0. The first-order valence-electron chi connectivity index (χ1n) is 9.34. The van der Waals surface area contributed by atoms with Gasteiger partial charge in [0.15, 0.2) is 0 Å². The normalized spacial score (nSPS) is 16.3. The van der Waals surface area contributed by atoms with E-state index in [-0.39, 0.29) is 12.4 Å². The van der Waals surface area contributed by atoms with Crippen molar-refractivity contribution in [3.63, 3.8) is 0 Å². The molecule has 4 rings (SSSR count). The Bertz CT molecular complexity index is 923. The molecule has 2 aromatic carbocycles. The zero-order valence-corrected chi connectivity index (χ0v) is 16.6. The third-order valence-electron chi connectivity index (χ3n) is 5.61. The van der Waals surface area contributed by atoms with Crippen LogP contribution in [0.15, 0.2) is 54.7 Å². The second-order valence-electron chi connectivity index (χ2n) is 7.50. The molecule has 1 aromatic heterocycles. The average molecular weight is 409 g/mol. The van der Waals surface area contributed by atoms with Crippen LogP contribution in [0.5, 0.6) is 0 Å². The first-order chi connectivity index (χ1) is 12.9. The van der Waals surface area contributed by atoms with Crippen LogP contribution >= 0.6 is 12.4 Å². The highest BCUT2D eigenvalue weighted by molar-refractivity contribution is 5.85. The van der Waals surface area contributed by atoms with Crippen LogP contribution in [0, 0.1) is 0 Å². The maximum absolute atomic E-state index is 12.8. The maximum atomic E-state index is 12.8. The highest BCUT2D eigenvalue weighted by atomic mass is 35.5. The third kappa shape index (κ3) is 4.20. The van der Waals surface area contributed by atoms with Gasteiger partial charge in [0.2, 0.25) is 0 Å². The minimum Gasteiger partial charge on any atom is -0.343 e. The van der Waals surface area contributed by atoms with Crippen LogP contribution in [0.3, 0.4) is 0 Å². The number of alkyl halides is 3. The summed E-state index contributed by atoms with van der Waals surface area (Å²) in [7, 11) is 2.16. The fraction of sp³-hybridized carbons (Fsp3) is 0.364. The van der Waals surface area contributed by atoms with E-state index in [1.54, 1.807) is 12.1 Å². The smallest absolute Gasteiger partial charge is 0.343 e. The van der Waals surface area contributed by atoms with Crippen LogP contribution in [0.4, 0.5) is 13.2 Å². The van der Waals surface area contributed by atoms with Crippen LogP contribution in [0.25, 0.3) is 10.9 Å². The molecule has 1 saturated heterocycles. The van der Waals surface area contributed by atoms with Gasteiger partial charge in [-0.3, -0.25) is 0 Å². The van der Waals surface area contributed by atoms with Gasteiger partial charge < -0.3 is 9.47 Å². The number of piperidine rings is 1. The van der Waals surface area contributed by atoms with Gasteiger partial charge in [-0.05, 0) is 68.2 Å². The van der Waals surface area contributed by atoms with Crippen molar-refractivity contribution >= 4 is 23.3 Å². The molecule has 0 amide bonds. The quantitative estimate of drug-likeness (QED) is 0.520. The Labute approximate surface area is 169 Å². The summed E-state index contributed by atoms with van der Waals surface area (Å²) in [6.45, 7) is 2.78. The van der Waals surface area contributed by atoms with Gasteiger partial charge in [-0.25, -0.2) is 0 Å². The van der Waals surface area contributed by atoms with Gasteiger partial charge in [0, 0.05) is 23.6 Å². The number of rotatable bonds is 3. The summed E-state index contributed by atoms with van der Waals surface area (Å²) >= 11 is 0. The molecule has 6 heteroatoms. The largest absolute Gasteiger partial charge is 0.416 e. The second kappa shape index (κ2) is 8.18. The first kappa shape index (κ1) is 20.7. The molecule has 0 radical (unpaired) electrons. The number of para-hydroxylation sites is 1. The monoisotopic (exact) mass is 408 g/mol. The van der Waals surface area contributed by atoms with E-state index < -0.39 is 11.7 Å². The van der Waals surface area contributed by atoms with E-state index in [0.29, 0.717) is 12.5 Å². The van der Waals surface area contributed by atoms with Crippen LogP contribution < -0.4 is 0 Å². The SMILES string of the molecule is CN1CCC(c2cn(Cc3ccc(C(F)(F)F)cc3)c3ccccc23)CC1.Cl. The van der Waals surface area contributed by atoms with Gasteiger partial charge in [-0.15, -0.1) is 12.4 Å². The molecule has 0 saturated carbocycles. The molecule has 0 aliphatic carbocycles. The molecular formula is C22H24ClF3N2. The molecule has 3 aromatic rings. The van der Waals surface area contributed by atoms with Gasteiger partial charge in [0.25, 0.3) is 0 Å². The van der Waals surface area contributed by atoms with Crippen LogP contribution in [0.1, 0.15) is 35.4 Å². The molecule has 2 heterocycles. The van der Waals surface area contributed by atoms with Crippen LogP contribution in [-0.2, 0) is 12.7 Å². The molecule has 1 fully saturated rings. The van der Waals surface area contributed by atoms with Gasteiger partial charge in [-0.1, -0.05) is 30.3 Å². The first-order valence-corrected chi connectivity index (χ1v) is 9.34. The molecule has 0 N–H and O–H groups in total. The summed E-state index contributed by atoms with van der Waals surface area (Å²) in [4.78, 5) is 2.36. The Morgan fingerprint density at radius 3 is 2.25 bits per heavy atom. The number of likely N-dealkylation sites (tertiary alicyclic amines) is 1. The van der Waals surface area contributed by atoms with E-state index in [4.69, 9.17) is 0 Å². The molecule has 1 aliphatic rings. The van der Waals surface area contributed by atoms with Crippen molar-refractivity contribution in [2.75, 3.05) is 20.1 Å². The standard InChI is InChI=1S/C22H23F3N2.ClH/c1-26-12-10-17(11-13-26)20-15-27(21-5-3-2-4-19(20)21)14-16-6-8-18(9-7-16)22(23,24)25;/h2-9,15,17H,10-14H2,1H3;1H. The summed E-state index contributed by atoms with van der Waals surface area (Å²) in [5.41, 5.74) is 2.78. The number of hydrogen-bond donors (Lipinski definition) is 0. The lowest BCUT2D eigenvalue weighted by atomic mass is 9.89. The minimum absolute atomic E-state index is 0. The topological polar surface area (TPSA) is 8.17 Å². The Balaban J connectivity index is 0.00000225. The van der Waals surface area contributed by atoms with Gasteiger partial charge in [0.05, 0.1) is 5.56 Å². The molecule has 150 valence electrons. The lowest BCUT2D eigenvalue weighted by Gasteiger charge is -2.28. The molecular weight excluding hydrogens is 385 g/mol. The fourth-order valence-electron chi connectivity index (χ4n) is 4.05. The third-order valence-corrected chi connectivity index (χ3v) is 5.61. The molecule has 2 nitrogen and oxygen atoms in total. The Kier molecular flexibility index (Phi) is 6.06. The van der Waals surface area contributed by atoms with Gasteiger partial charge in [0.1, 0.15) is 0 Å². The number of fused-ring (bicyclic) bond motifs is 1. The van der Waals surface area contributed by atoms with E-state index in [1.807, 2.05) is 6.07 Å². The van der Waals surface area contributed by atoms with Crippen molar-refractivity contribution in [1.29, 1.82) is 0 Å². The summed E-state index contributed by atoms with van der Waals surface area (Å²) in [5, 5.41) is 1.26. The summed E-state index contributed by atoms with van der Waals surface area (Å²) in [6, 6.07) is 13.8. The van der Waals surface area contributed by atoms with Crippen molar-refractivity contribution in [1.82, 2.24) is 9.47 Å². The maximum Gasteiger partial charge on any atom is 0.416 e. The predicted molar refractivity (Wildman–Crippen MR) is 109 cm³/mol. The number of halogens is 4. The van der Waals surface area contributed by atoms with Crippen molar-refractivity contribution < 1.29 is 13.2 Å².